The molecule has 0 rings (SSSR count). The molecule has 0 bridgehead atoms. The van der Waals surface area contributed by atoms with E-state index in [2.05, 4.69) is 0 Å². The zero-order chi connectivity index (χ0) is 12.3. The molecular weight excluding hydrogens is 235 g/mol. The van der Waals surface area contributed by atoms with Crippen LogP contribution in [0.25, 0.3) is 0 Å². The van der Waals surface area contributed by atoms with Gasteiger partial charge >= 0.3 is 7.60 Å². The molecule has 0 aromatic carbocycles. The first-order chi connectivity index (χ1) is 6.55. The van der Waals surface area contributed by atoms with Crippen LogP contribution in [0.5, 0.6) is 0 Å². The molecular formula is C8H19O5PSi. The Morgan fingerprint density at radius 3 is 2.07 bits per heavy atom. The van der Waals surface area contributed by atoms with Crippen LogP contribution in [0.4, 0.5) is 0 Å². The molecule has 7 heteroatoms. The molecule has 2 N–H and O–H groups in total. The molecule has 0 aliphatic rings. The zero-order valence-corrected chi connectivity index (χ0v) is 11.7. The van der Waals surface area contributed by atoms with E-state index in [1.54, 1.807) is 6.92 Å². The minimum absolute atomic E-state index is 0.234. The largest absolute Gasteiger partial charge is 0.520 e. The standard InChI is InChI=1S/C8H19O5PSi/c1-7(6-14(9,10)11)8(12-2)13-15(3,4)5/h6H2,1-5H3,(H2,9,10,11). The van der Waals surface area contributed by atoms with Crippen LogP contribution in [0.15, 0.2) is 11.5 Å². The summed E-state index contributed by atoms with van der Waals surface area (Å²) in [7, 11) is -4.44. The van der Waals surface area contributed by atoms with Crippen LogP contribution < -0.4 is 0 Å². The summed E-state index contributed by atoms with van der Waals surface area (Å²) in [5.74, 6) is 0.234. The summed E-state index contributed by atoms with van der Waals surface area (Å²) in [4.78, 5) is 17.6. The van der Waals surface area contributed by atoms with E-state index in [4.69, 9.17) is 18.9 Å². The maximum absolute atomic E-state index is 10.8. The molecule has 0 saturated carbocycles. The van der Waals surface area contributed by atoms with E-state index >= 15 is 0 Å². The Balaban J connectivity index is 4.76. The van der Waals surface area contributed by atoms with Crippen LogP contribution in [0.1, 0.15) is 6.92 Å². The summed E-state index contributed by atoms with van der Waals surface area (Å²) in [5, 5.41) is 0. The van der Waals surface area contributed by atoms with Crippen molar-refractivity contribution in [3.63, 3.8) is 0 Å². The number of allylic oxidation sites excluding steroid dienone is 1. The molecule has 15 heavy (non-hydrogen) atoms. The Morgan fingerprint density at radius 2 is 1.80 bits per heavy atom. The Labute approximate surface area is 91.4 Å². The van der Waals surface area contributed by atoms with Crippen molar-refractivity contribution in [1.82, 2.24) is 0 Å². The maximum Gasteiger partial charge on any atom is 0.329 e. The lowest BCUT2D eigenvalue weighted by Gasteiger charge is -2.22. The third-order valence-corrected chi connectivity index (χ3v) is 3.06. The van der Waals surface area contributed by atoms with Gasteiger partial charge < -0.3 is 18.9 Å². The molecule has 0 amide bonds. The Kier molecular flexibility index (Phi) is 5.06. The molecule has 5 nitrogen and oxygen atoms in total. The predicted octanol–water partition coefficient (Wildman–Crippen LogP) is 1.89. The minimum atomic E-state index is -4.06. The molecule has 0 fully saturated rings. The average Bonchev–Trinajstić information content (AvgIpc) is 1.94. The second kappa shape index (κ2) is 5.16. The van der Waals surface area contributed by atoms with Gasteiger partial charge in [-0.2, -0.15) is 0 Å². The summed E-state index contributed by atoms with van der Waals surface area (Å²) in [6.07, 6.45) is -0.333. The smallest absolute Gasteiger partial charge is 0.329 e. The van der Waals surface area contributed by atoms with Gasteiger partial charge in [0, 0.05) is 5.57 Å². The highest BCUT2D eigenvalue weighted by atomic mass is 31.2. The van der Waals surface area contributed by atoms with Crippen LogP contribution in [0, 0.1) is 0 Å². The van der Waals surface area contributed by atoms with E-state index in [0.29, 0.717) is 5.57 Å². The zero-order valence-electron chi connectivity index (χ0n) is 9.77. The lowest BCUT2D eigenvalue weighted by molar-refractivity contribution is 0.142. The van der Waals surface area contributed by atoms with Gasteiger partial charge in [0.15, 0.2) is 0 Å². The molecule has 0 radical (unpaired) electrons. The quantitative estimate of drug-likeness (QED) is 0.445. The SMILES string of the molecule is COC(O[Si](C)(C)C)=C(C)CP(=O)(O)O. The Morgan fingerprint density at radius 1 is 1.33 bits per heavy atom. The summed E-state index contributed by atoms with van der Waals surface area (Å²) in [6.45, 7) is 7.50. The molecule has 0 unspecified atom stereocenters. The van der Waals surface area contributed by atoms with Gasteiger partial charge in [-0.1, -0.05) is 0 Å². The van der Waals surface area contributed by atoms with E-state index in [-0.39, 0.29) is 12.1 Å². The van der Waals surface area contributed by atoms with Crippen molar-refractivity contribution >= 4 is 15.9 Å². The summed E-state index contributed by atoms with van der Waals surface area (Å²) in [6, 6.07) is 0. The topological polar surface area (TPSA) is 76.0 Å². The van der Waals surface area contributed by atoms with Crippen LogP contribution in [-0.2, 0) is 13.7 Å². The van der Waals surface area contributed by atoms with Crippen molar-refractivity contribution in [3.8, 4) is 0 Å². The highest BCUT2D eigenvalue weighted by Crippen LogP contribution is 2.37. The van der Waals surface area contributed by atoms with Gasteiger partial charge in [-0.25, -0.2) is 0 Å². The predicted molar refractivity (Wildman–Crippen MR) is 61.1 cm³/mol. The van der Waals surface area contributed by atoms with Gasteiger partial charge in [0.1, 0.15) is 0 Å². The summed E-state index contributed by atoms with van der Waals surface area (Å²) < 4.78 is 21.3. The average molecular weight is 254 g/mol. The van der Waals surface area contributed by atoms with E-state index in [1.807, 2.05) is 19.6 Å². The van der Waals surface area contributed by atoms with Crippen molar-refractivity contribution in [3.05, 3.63) is 11.5 Å². The fourth-order valence-corrected chi connectivity index (χ4v) is 2.52. The van der Waals surface area contributed by atoms with Crippen LogP contribution in [0.3, 0.4) is 0 Å². The molecule has 0 spiro atoms. The molecule has 0 atom stereocenters. The van der Waals surface area contributed by atoms with Gasteiger partial charge in [0.25, 0.3) is 5.95 Å². The first-order valence-corrected chi connectivity index (χ1v) is 9.73. The molecule has 0 aromatic heterocycles. The van der Waals surface area contributed by atoms with Crippen molar-refractivity contribution in [2.45, 2.75) is 26.6 Å². The van der Waals surface area contributed by atoms with E-state index in [0.717, 1.165) is 0 Å². The normalized spacial score (nSPS) is 14.6. The monoisotopic (exact) mass is 254 g/mol. The second-order valence-corrected chi connectivity index (χ2v) is 10.4. The first kappa shape index (κ1) is 14.7. The number of hydrogen-bond donors (Lipinski definition) is 2. The Hall–Kier alpha value is -0.293. The van der Waals surface area contributed by atoms with Crippen molar-refractivity contribution in [2.75, 3.05) is 13.3 Å². The van der Waals surface area contributed by atoms with Crippen LogP contribution >= 0.6 is 7.60 Å². The summed E-state index contributed by atoms with van der Waals surface area (Å²) in [5.41, 5.74) is 0.438. The van der Waals surface area contributed by atoms with Gasteiger partial charge in [-0.3, -0.25) is 4.57 Å². The second-order valence-electron chi connectivity index (χ2n) is 4.31. The lowest BCUT2D eigenvalue weighted by Crippen LogP contribution is -2.26. The molecule has 0 aliphatic heterocycles. The van der Waals surface area contributed by atoms with E-state index in [1.165, 1.54) is 7.11 Å². The maximum atomic E-state index is 10.8. The lowest BCUT2D eigenvalue weighted by atomic mass is 10.4. The van der Waals surface area contributed by atoms with Crippen LogP contribution in [0.2, 0.25) is 19.6 Å². The number of ether oxygens (including phenoxy) is 1. The molecule has 90 valence electrons. The Bertz CT molecular complexity index is 288. The van der Waals surface area contributed by atoms with Crippen molar-refractivity contribution < 1.29 is 23.5 Å². The van der Waals surface area contributed by atoms with Gasteiger partial charge in [0.05, 0.1) is 13.3 Å². The molecule has 0 aromatic rings. The van der Waals surface area contributed by atoms with Gasteiger partial charge in [0.2, 0.25) is 8.32 Å². The highest BCUT2D eigenvalue weighted by molar-refractivity contribution is 7.52. The van der Waals surface area contributed by atoms with Crippen LogP contribution in [-0.4, -0.2) is 31.4 Å². The number of methoxy groups -OCH3 is 1. The van der Waals surface area contributed by atoms with Gasteiger partial charge in [-0.15, -0.1) is 0 Å². The highest BCUT2D eigenvalue weighted by Gasteiger charge is 2.22. The molecule has 0 saturated heterocycles. The van der Waals surface area contributed by atoms with Gasteiger partial charge in [-0.05, 0) is 26.6 Å². The fraction of sp³-hybridized carbons (Fsp3) is 0.750. The molecule has 0 aliphatic carbocycles. The first-order valence-electron chi connectivity index (χ1n) is 4.52. The van der Waals surface area contributed by atoms with E-state index < -0.39 is 15.9 Å². The third kappa shape index (κ3) is 7.61. The number of hydrogen-bond acceptors (Lipinski definition) is 3. The summed E-state index contributed by atoms with van der Waals surface area (Å²) >= 11 is 0. The minimum Gasteiger partial charge on any atom is -0.520 e. The third-order valence-electron chi connectivity index (χ3n) is 1.38. The van der Waals surface area contributed by atoms with Crippen molar-refractivity contribution in [2.24, 2.45) is 0 Å². The number of rotatable bonds is 5. The molecule has 0 heterocycles. The van der Waals surface area contributed by atoms with E-state index in [9.17, 15) is 4.57 Å². The van der Waals surface area contributed by atoms with Crippen molar-refractivity contribution in [1.29, 1.82) is 0 Å². The fourth-order valence-electron chi connectivity index (χ4n) is 0.955.